The lowest BCUT2D eigenvalue weighted by molar-refractivity contribution is 0.124. The number of rotatable bonds is 14. The molecule has 0 spiro atoms. The molecule has 0 aromatic rings. The zero-order chi connectivity index (χ0) is 16.8. The molecule has 0 aliphatic heterocycles. The van der Waals surface area contributed by atoms with Gasteiger partial charge in [-0.05, 0) is 19.3 Å². The van der Waals surface area contributed by atoms with Gasteiger partial charge in [0.05, 0.1) is 12.7 Å². The van der Waals surface area contributed by atoms with Crippen molar-refractivity contribution in [2.24, 2.45) is 0 Å². The molecule has 6 heteroatoms. The molecule has 24 heavy (non-hydrogen) atoms. The quantitative estimate of drug-likeness (QED) is 0.400. The van der Waals surface area contributed by atoms with Crippen LogP contribution in [-0.4, -0.2) is 21.1 Å². The Kier molecular flexibility index (Phi) is 15.0. The summed E-state index contributed by atoms with van der Waals surface area (Å²) in [6, 6.07) is 0. The second-order valence-corrected chi connectivity index (χ2v) is 8.01. The van der Waals surface area contributed by atoms with Gasteiger partial charge in [-0.3, -0.25) is 0 Å². The molecule has 146 valence electrons. The Morgan fingerprint density at radius 3 is 1.83 bits per heavy atom. The molecule has 0 amide bonds. The van der Waals surface area contributed by atoms with Gasteiger partial charge in [0.25, 0.3) is 0 Å². The molecular formula is C18H39NO4S. The summed E-state index contributed by atoms with van der Waals surface area (Å²) in [4.78, 5) is 0. The normalized spacial score (nSPS) is 16.0. The van der Waals surface area contributed by atoms with Gasteiger partial charge in [0.1, 0.15) is 0 Å². The summed E-state index contributed by atoms with van der Waals surface area (Å²) >= 11 is 0. The monoisotopic (exact) mass is 365 g/mol. The van der Waals surface area contributed by atoms with Crippen LogP contribution in [0, 0.1) is 0 Å². The van der Waals surface area contributed by atoms with Crippen LogP contribution in [0.4, 0.5) is 0 Å². The minimum absolute atomic E-state index is 0. The fourth-order valence-electron chi connectivity index (χ4n) is 3.11. The number of hydrogen-bond acceptors (Lipinski definition) is 5. The van der Waals surface area contributed by atoms with Gasteiger partial charge in [0.2, 0.25) is 0 Å². The van der Waals surface area contributed by atoms with E-state index in [9.17, 15) is 8.42 Å². The Labute approximate surface area is 149 Å². The Morgan fingerprint density at radius 2 is 1.29 bits per heavy atom. The minimum Gasteiger partial charge on any atom is -0.344 e. The third kappa shape index (κ3) is 13.2. The summed E-state index contributed by atoms with van der Waals surface area (Å²) in [5, 5.41) is 0. The smallest absolute Gasteiger partial charge is 0.344 e. The van der Waals surface area contributed by atoms with Crippen molar-refractivity contribution in [1.29, 1.82) is 0 Å². The largest absolute Gasteiger partial charge is 0.400 e. The number of hydrogen-bond donors (Lipinski definition) is 1. The summed E-state index contributed by atoms with van der Waals surface area (Å²) in [5.74, 6) is 0. The lowest BCUT2D eigenvalue weighted by atomic mass is 9.98. The number of unbranched alkanes of at least 4 members (excludes halogenated alkanes) is 9. The zero-order valence-electron chi connectivity index (χ0n) is 15.6. The van der Waals surface area contributed by atoms with E-state index in [-0.39, 0.29) is 18.9 Å². The molecule has 0 radical (unpaired) electrons. The van der Waals surface area contributed by atoms with Gasteiger partial charge in [-0.1, -0.05) is 84.0 Å². The predicted molar refractivity (Wildman–Crippen MR) is 99.7 cm³/mol. The molecule has 0 heterocycles. The maximum absolute atomic E-state index is 11.7. The van der Waals surface area contributed by atoms with Gasteiger partial charge in [0.15, 0.2) is 0 Å². The van der Waals surface area contributed by atoms with Gasteiger partial charge in [-0.2, -0.15) is 8.42 Å². The fraction of sp³-hybridized carbons (Fsp3) is 1.00. The first-order chi connectivity index (χ1) is 11.1. The molecule has 0 unspecified atom stereocenters. The summed E-state index contributed by atoms with van der Waals surface area (Å²) < 4.78 is 33.5. The van der Waals surface area contributed by atoms with Crippen molar-refractivity contribution in [3.05, 3.63) is 0 Å². The zero-order valence-corrected chi connectivity index (χ0v) is 16.5. The van der Waals surface area contributed by atoms with E-state index in [1.54, 1.807) is 0 Å². The maximum atomic E-state index is 11.7. The van der Waals surface area contributed by atoms with Crippen LogP contribution in [0.25, 0.3) is 0 Å². The van der Waals surface area contributed by atoms with Crippen molar-refractivity contribution in [3.8, 4) is 0 Å². The van der Waals surface area contributed by atoms with Crippen molar-refractivity contribution in [2.45, 2.75) is 109 Å². The highest BCUT2D eigenvalue weighted by molar-refractivity contribution is 7.81. The Balaban J connectivity index is 0.00000529. The second-order valence-electron chi connectivity index (χ2n) is 6.77. The SMILES string of the molecule is CCCCCCCCCCCCOS(=O)(=O)OC1CCCCC1.N. The average Bonchev–Trinajstić information content (AvgIpc) is 2.53. The topological polar surface area (TPSA) is 87.6 Å². The van der Waals surface area contributed by atoms with Crippen LogP contribution in [0.15, 0.2) is 0 Å². The standard InChI is InChI=1S/C18H36O4S.H3N/c1-2-3-4-5-6-7-8-9-10-14-17-21-23(19,20)22-18-15-12-11-13-16-18;/h18H,2-17H2,1H3;1H3. The molecule has 1 fully saturated rings. The molecule has 0 aromatic heterocycles. The van der Waals surface area contributed by atoms with E-state index < -0.39 is 10.4 Å². The Morgan fingerprint density at radius 1 is 0.792 bits per heavy atom. The van der Waals surface area contributed by atoms with Crippen molar-refractivity contribution in [2.75, 3.05) is 6.61 Å². The minimum atomic E-state index is -3.79. The van der Waals surface area contributed by atoms with Crippen molar-refractivity contribution < 1.29 is 16.8 Å². The van der Waals surface area contributed by atoms with Crippen molar-refractivity contribution in [1.82, 2.24) is 6.15 Å². The molecule has 1 aliphatic carbocycles. The summed E-state index contributed by atoms with van der Waals surface area (Å²) in [6.07, 6.45) is 17.0. The molecule has 1 aliphatic rings. The Bertz CT molecular complexity index is 367. The lowest BCUT2D eigenvalue weighted by Crippen LogP contribution is -2.22. The Hall–Kier alpha value is -0.170. The van der Waals surface area contributed by atoms with Crippen LogP contribution in [0.3, 0.4) is 0 Å². The summed E-state index contributed by atoms with van der Waals surface area (Å²) in [6.45, 7) is 2.49. The van der Waals surface area contributed by atoms with E-state index in [4.69, 9.17) is 8.37 Å². The third-order valence-corrected chi connectivity index (χ3v) is 5.49. The van der Waals surface area contributed by atoms with Gasteiger partial charge in [-0.15, -0.1) is 0 Å². The maximum Gasteiger partial charge on any atom is 0.400 e. The van der Waals surface area contributed by atoms with Crippen LogP contribution < -0.4 is 6.15 Å². The highest BCUT2D eigenvalue weighted by Gasteiger charge is 2.22. The van der Waals surface area contributed by atoms with Gasteiger partial charge in [-0.25, -0.2) is 8.37 Å². The summed E-state index contributed by atoms with van der Waals surface area (Å²) in [7, 11) is -3.79. The lowest BCUT2D eigenvalue weighted by Gasteiger charge is -2.20. The average molecular weight is 366 g/mol. The van der Waals surface area contributed by atoms with Crippen LogP contribution in [0.2, 0.25) is 0 Å². The first-order valence-corrected chi connectivity index (χ1v) is 11.0. The summed E-state index contributed by atoms with van der Waals surface area (Å²) in [5.41, 5.74) is 0. The molecule has 0 aromatic carbocycles. The first kappa shape index (κ1) is 23.8. The van der Waals surface area contributed by atoms with Crippen LogP contribution in [0.5, 0.6) is 0 Å². The molecular weight excluding hydrogens is 326 g/mol. The van der Waals surface area contributed by atoms with Crippen LogP contribution in [-0.2, 0) is 18.8 Å². The molecule has 0 bridgehead atoms. The molecule has 3 N–H and O–H groups in total. The van der Waals surface area contributed by atoms with E-state index >= 15 is 0 Å². The van der Waals surface area contributed by atoms with Crippen molar-refractivity contribution in [3.63, 3.8) is 0 Å². The van der Waals surface area contributed by atoms with E-state index in [1.165, 1.54) is 57.8 Å². The second kappa shape index (κ2) is 15.1. The highest BCUT2D eigenvalue weighted by Crippen LogP contribution is 2.22. The fourth-order valence-corrected chi connectivity index (χ4v) is 4.01. The van der Waals surface area contributed by atoms with E-state index in [0.717, 1.165) is 38.5 Å². The van der Waals surface area contributed by atoms with Gasteiger partial charge >= 0.3 is 10.4 Å². The molecule has 1 saturated carbocycles. The van der Waals surface area contributed by atoms with Gasteiger partial charge < -0.3 is 6.15 Å². The highest BCUT2D eigenvalue weighted by atomic mass is 32.3. The van der Waals surface area contributed by atoms with E-state index in [0.29, 0.717) is 0 Å². The van der Waals surface area contributed by atoms with E-state index in [1.807, 2.05) is 0 Å². The predicted octanol–water partition coefficient (Wildman–Crippen LogP) is 5.68. The third-order valence-electron chi connectivity index (χ3n) is 4.53. The van der Waals surface area contributed by atoms with Crippen molar-refractivity contribution >= 4 is 10.4 Å². The first-order valence-electron chi connectivity index (χ1n) is 9.71. The van der Waals surface area contributed by atoms with E-state index in [2.05, 4.69) is 6.92 Å². The molecule has 5 nitrogen and oxygen atoms in total. The molecule has 0 saturated heterocycles. The molecule has 1 rings (SSSR count). The molecule has 0 atom stereocenters. The van der Waals surface area contributed by atoms with Crippen LogP contribution in [0.1, 0.15) is 103 Å². The van der Waals surface area contributed by atoms with Gasteiger partial charge in [0, 0.05) is 0 Å². The van der Waals surface area contributed by atoms with Crippen LogP contribution >= 0.6 is 0 Å².